The molecular formula is C27H36N4O4S2. The van der Waals surface area contributed by atoms with E-state index in [1.807, 2.05) is 32.3 Å². The van der Waals surface area contributed by atoms with Crippen molar-refractivity contribution in [2.24, 2.45) is 11.8 Å². The Hall–Kier alpha value is -2.53. The van der Waals surface area contributed by atoms with Crippen LogP contribution in [-0.2, 0) is 10.0 Å². The van der Waals surface area contributed by atoms with Gasteiger partial charge in [0.1, 0.15) is 11.3 Å². The molecule has 3 aromatic rings. The molecule has 1 aliphatic heterocycles. The van der Waals surface area contributed by atoms with Gasteiger partial charge in [0, 0.05) is 25.2 Å². The van der Waals surface area contributed by atoms with Crippen LogP contribution in [0.15, 0.2) is 47.4 Å². The first-order valence-electron chi connectivity index (χ1n) is 12.6. The highest BCUT2D eigenvalue weighted by Gasteiger charge is 2.32. The normalized spacial score (nSPS) is 18.9. The van der Waals surface area contributed by atoms with Crippen LogP contribution in [0, 0.1) is 11.8 Å². The summed E-state index contributed by atoms with van der Waals surface area (Å²) in [5.74, 6) is 1.10. The van der Waals surface area contributed by atoms with E-state index in [4.69, 9.17) is 9.72 Å². The van der Waals surface area contributed by atoms with Crippen LogP contribution >= 0.6 is 11.3 Å². The number of benzene rings is 2. The summed E-state index contributed by atoms with van der Waals surface area (Å²) in [6, 6.07) is 12.0. The first-order chi connectivity index (χ1) is 17.6. The summed E-state index contributed by atoms with van der Waals surface area (Å²) < 4.78 is 34.5. The Labute approximate surface area is 223 Å². The fourth-order valence-electron chi connectivity index (χ4n) is 4.90. The Morgan fingerprint density at radius 2 is 1.76 bits per heavy atom. The first kappa shape index (κ1) is 27.5. The molecule has 0 radical (unpaired) electrons. The zero-order chi connectivity index (χ0) is 26.7. The van der Waals surface area contributed by atoms with Crippen LogP contribution < -0.4 is 9.64 Å². The van der Waals surface area contributed by atoms with Crippen molar-refractivity contribution in [2.75, 3.05) is 52.3 Å². The van der Waals surface area contributed by atoms with E-state index in [1.165, 1.54) is 11.3 Å². The first-order valence-corrected chi connectivity index (χ1v) is 14.9. The Balaban J connectivity index is 1.61. The van der Waals surface area contributed by atoms with Crippen molar-refractivity contribution in [3.63, 3.8) is 0 Å². The number of anilines is 1. The molecule has 2 aromatic carbocycles. The number of fused-ring (bicyclic) bond motifs is 1. The second-order valence-corrected chi connectivity index (χ2v) is 13.2. The molecule has 0 bridgehead atoms. The lowest BCUT2D eigenvalue weighted by atomic mass is 9.94. The minimum atomic E-state index is -3.61. The quantitative estimate of drug-likeness (QED) is 0.393. The molecule has 0 aliphatic carbocycles. The van der Waals surface area contributed by atoms with Gasteiger partial charge in [0.15, 0.2) is 5.13 Å². The van der Waals surface area contributed by atoms with Gasteiger partial charge in [0.2, 0.25) is 10.0 Å². The van der Waals surface area contributed by atoms with Crippen molar-refractivity contribution in [3.8, 4) is 5.75 Å². The monoisotopic (exact) mass is 544 g/mol. The summed E-state index contributed by atoms with van der Waals surface area (Å²) >= 11 is 1.44. The van der Waals surface area contributed by atoms with Crippen LogP contribution in [-0.4, -0.2) is 75.9 Å². The Morgan fingerprint density at radius 3 is 2.38 bits per heavy atom. The highest BCUT2D eigenvalue weighted by molar-refractivity contribution is 7.89. The predicted molar refractivity (Wildman–Crippen MR) is 149 cm³/mol. The van der Waals surface area contributed by atoms with Gasteiger partial charge in [0.05, 0.1) is 16.7 Å². The van der Waals surface area contributed by atoms with Gasteiger partial charge in [0.25, 0.3) is 5.91 Å². The SMILES string of the molecule is COc1cccc2sc(N(CCCN(C)C)C(=O)c3ccc(S(=O)(=O)N4CC(C)CC(C)C4)cc3)nc12. The van der Waals surface area contributed by atoms with Crippen molar-refractivity contribution >= 4 is 42.6 Å². The van der Waals surface area contributed by atoms with Crippen LogP contribution in [0.5, 0.6) is 5.75 Å². The molecule has 0 saturated carbocycles. The molecule has 2 heterocycles. The number of aromatic nitrogens is 1. The van der Waals surface area contributed by atoms with Gasteiger partial charge < -0.3 is 9.64 Å². The van der Waals surface area contributed by atoms with Gasteiger partial charge in [-0.2, -0.15) is 4.31 Å². The van der Waals surface area contributed by atoms with Crippen LogP contribution in [0.4, 0.5) is 5.13 Å². The topological polar surface area (TPSA) is 83.0 Å². The smallest absolute Gasteiger partial charge is 0.260 e. The molecule has 0 N–H and O–H groups in total. The average Bonchev–Trinajstić information content (AvgIpc) is 3.29. The van der Waals surface area contributed by atoms with Crippen LogP contribution in [0.3, 0.4) is 0 Å². The molecule has 1 aromatic heterocycles. The molecule has 1 fully saturated rings. The molecule has 0 spiro atoms. The van der Waals surface area contributed by atoms with Gasteiger partial charge >= 0.3 is 0 Å². The Kier molecular flexibility index (Phi) is 8.52. The molecule has 1 saturated heterocycles. The van der Waals surface area contributed by atoms with Crippen molar-refractivity contribution < 1.29 is 17.9 Å². The van der Waals surface area contributed by atoms with E-state index in [9.17, 15) is 13.2 Å². The molecule has 10 heteroatoms. The third kappa shape index (κ3) is 6.14. The van der Waals surface area contributed by atoms with Crippen molar-refractivity contribution in [1.29, 1.82) is 0 Å². The number of nitrogens with zero attached hydrogens (tertiary/aromatic N) is 4. The second kappa shape index (κ2) is 11.5. The Morgan fingerprint density at radius 1 is 1.08 bits per heavy atom. The molecule has 8 nitrogen and oxygen atoms in total. The number of ether oxygens (including phenoxy) is 1. The number of para-hydroxylation sites is 1. The third-order valence-electron chi connectivity index (χ3n) is 6.63. The van der Waals surface area contributed by atoms with Gasteiger partial charge in [-0.3, -0.25) is 9.69 Å². The summed E-state index contributed by atoms with van der Waals surface area (Å²) in [5, 5.41) is 0.594. The maximum Gasteiger partial charge on any atom is 0.260 e. The van der Waals surface area contributed by atoms with E-state index in [2.05, 4.69) is 18.7 Å². The highest BCUT2D eigenvalue weighted by atomic mass is 32.2. The molecule has 2 unspecified atom stereocenters. The van der Waals surface area contributed by atoms with Crippen molar-refractivity contribution in [2.45, 2.75) is 31.6 Å². The maximum atomic E-state index is 13.7. The molecule has 200 valence electrons. The summed E-state index contributed by atoms with van der Waals surface area (Å²) in [6.07, 6.45) is 1.80. The van der Waals surface area contributed by atoms with Crippen molar-refractivity contribution in [1.82, 2.24) is 14.2 Å². The van der Waals surface area contributed by atoms with Gasteiger partial charge in [-0.05, 0) is 81.7 Å². The number of amides is 1. The molecule has 4 rings (SSSR count). The maximum absolute atomic E-state index is 13.7. The zero-order valence-electron chi connectivity index (χ0n) is 22.2. The highest BCUT2D eigenvalue weighted by Crippen LogP contribution is 2.35. The minimum absolute atomic E-state index is 0.207. The molecule has 37 heavy (non-hydrogen) atoms. The van der Waals surface area contributed by atoms with Gasteiger partial charge in [-0.15, -0.1) is 0 Å². The summed E-state index contributed by atoms with van der Waals surface area (Å²) in [6.45, 7) is 6.53. The second-order valence-electron chi connectivity index (χ2n) is 10.2. The predicted octanol–water partition coefficient (Wildman–Crippen LogP) is 4.57. The summed E-state index contributed by atoms with van der Waals surface area (Å²) in [7, 11) is 1.99. The Bertz CT molecular complexity index is 1330. The average molecular weight is 545 g/mol. The molecule has 2 atom stereocenters. The van der Waals surface area contributed by atoms with E-state index in [-0.39, 0.29) is 10.8 Å². The minimum Gasteiger partial charge on any atom is -0.494 e. The van der Waals surface area contributed by atoms with E-state index >= 15 is 0 Å². The van der Waals surface area contributed by atoms with Crippen LogP contribution in [0.25, 0.3) is 10.2 Å². The number of methoxy groups -OCH3 is 1. The number of hydrogen-bond acceptors (Lipinski definition) is 7. The number of hydrogen-bond donors (Lipinski definition) is 0. The number of thiazole rings is 1. The van der Waals surface area contributed by atoms with Gasteiger partial charge in [-0.25, -0.2) is 13.4 Å². The third-order valence-corrected chi connectivity index (χ3v) is 9.52. The lowest BCUT2D eigenvalue weighted by Crippen LogP contribution is -2.42. The van der Waals surface area contributed by atoms with Crippen LogP contribution in [0.2, 0.25) is 0 Å². The summed E-state index contributed by atoms with van der Waals surface area (Å²) in [4.78, 5) is 22.4. The fourth-order valence-corrected chi connectivity index (χ4v) is 7.58. The molecule has 1 aliphatic rings. The lowest BCUT2D eigenvalue weighted by molar-refractivity contribution is 0.0986. The van der Waals surface area contributed by atoms with Crippen LogP contribution in [0.1, 0.15) is 37.0 Å². The molecule has 1 amide bonds. The summed E-state index contributed by atoms with van der Waals surface area (Å²) in [5.41, 5.74) is 1.15. The number of carbonyl (C=O) groups is 1. The fraction of sp³-hybridized carbons (Fsp3) is 0.481. The number of sulfonamides is 1. The number of carbonyl (C=O) groups excluding carboxylic acids is 1. The standard InChI is InChI=1S/C27H36N4O4S2/c1-19-16-20(2)18-30(17-19)37(33,34)22-12-10-21(11-13-22)26(32)31(15-7-14-29(3)4)27-28-25-23(35-5)8-6-9-24(25)36-27/h6,8-13,19-20H,7,14-18H2,1-5H3. The number of rotatable bonds is 9. The molecular weight excluding hydrogens is 508 g/mol. The largest absolute Gasteiger partial charge is 0.494 e. The van der Waals surface area contributed by atoms with E-state index in [0.29, 0.717) is 47.9 Å². The van der Waals surface area contributed by atoms with Gasteiger partial charge in [-0.1, -0.05) is 31.3 Å². The van der Waals surface area contributed by atoms with E-state index < -0.39 is 10.0 Å². The van der Waals surface area contributed by atoms with E-state index in [1.54, 1.807) is 40.6 Å². The lowest BCUT2D eigenvalue weighted by Gasteiger charge is -2.34. The number of piperidine rings is 1. The zero-order valence-corrected chi connectivity index (χ0v) is 23.8. The van der Waals surface area contributed by atoms with Crippen molar-refractivity contribution in [3.05, 3.63) is 48.0 Å². The van der Waals surface area contributed by atoms with E-state index in [0.717, 1.165) is 29.6 Å².